The van der Waals surface area contributed by atoms with Crippen LogP contribution in [-0.2, 0) is 0 Å². The quantitative estimate of drug-likeness (QED) is 0.851. The van der Waals surface area contributed by atoms with Gasteiger partial charge in [-0.15, -0.1) is 0 Å². The molecule has 0 amide bonds. The molecule has 21 heavy (non-hydrogen) atoms. The number of hydrogen-bond donors (Lipinski definition) is 2. The van der Waals surface area contributed by atoms with E-state index in [-0.39, 0.29) is 12.6 Å². The van der Waals surface area contributed by atoms with E-state index in [2.05, 4.69) is 9.88 Å². The number of aliphatic hydroxyl groups is 1. The Balaban J connectivity index is 2.22. The number of para-hydroxylation sites is 1. The van der Waals surface area contributed by atoms with Gasteiger partial charge >= 0.3 is 0 Å². The molecule has 3 N–H and O–H groups in total. The molecule has 0 saturated carbocycles. The molecule has 1 aliphatic heterocycles. The number of fused-ring (bicyclic) bond motifs is 1. The number of anilines is 1. The molecule has 1 saturated heterocycles. The topological polar surface area (TPSA) is 62.4 Å². The van der Waals surface area contributed by atoms with Crippen LogP contribution in [0.25, 0.3) is 10.9 Å². The zero-order chi connectivity index (χ0) is 14.8. The smallest absolute Gasteiger partial charge is 0.107 e. The van der Waals surface area contributed by atoms with Crippen LogP contribution in [-0.4, -0.2) is 34.3 Å². The number of thiocarbonyl (C=S) groups is 1. The van der Waals surface area contributed by atoms with Crippen molar-refractivity contribution in [1.29, 1.82) is 0 Å². The van der Waals surface area contributed by atoms with Gasteiger partial charge < -0.3 is 15.7 Å². The Morgan fingerprint density at radius 2 is 2.19 bits per heavy atom. The average molecular weight is 301 g/mol. The normalized spacial score (nSPS) is 18.9. The van der Waals surface area contributed by atoms with Crippen molar-refractivity contribution >= 4 is 33.8 Å². The molecule has 1 fully saturated rings. The molecule has 1 unspecified atom stereocenters. The fourth-order valence-electron chi connectivity index (χ4n) is 3.10. The molecule has 110 valence electrons. The zero-order valence-corrected chi connectivity index (χ0v) is 12.6. The lowest BCUT2D eigenvalue weighted by molar-refractivity contribution is 0.240. The highest BCUT2D eigenvalue weighted by atomic mass is 32.1. The Bertz CT molecular complexity index is 674. The van der Waals surface area contributed by atoms with Gasteiger partial charge in [0.25, 0.3) is 0 Å². The maximum atomic E-state index is 9.70. The van der Waals surface area contributed by atoms with Crippen molar-refractivity contribution < 1.29 is 5.11 Å². The first kappa shape index (κ1) is 14.2. The molecular weight excluding hydrogens is 282 g/mol. The zero-order valence-electron chi connectivity index (χ0n) is 11.8. The van der Waals surface area contributed by atoms with Gasteiger partial charge in [0.05, 0.1) is 29.4 Å². The highest BCUT2D eigenvalue weighted by Gasteiger charge is 2.26. The molecule has 1 aliphatic rings. The third-order valence-corrected chi connectivity index (χ3v) is 4.36. The molecule has 1 atom stereocenters. The largest absolute Gasteiger partial charge is 0.394 e. The van der Waals surface area contributed by atoms with Gasteiger partial charge in [0.1, 0.15) is 4.99 Å². The van der Waals surface area contributed by atoms with Crippen LogP contribution < -0.4 is 10.6 Å². The lowest BCUT2D eigenvalue weighted by Gasteiger charge is -2.38. The molecular formula is C16H19N3OS. The Morgan fingerprint density at radius 3 is 2.95 bits per heavy atom. The summed E-state index contributed by atoms with van der Waals surface area (Å²) in [6.07, 6.45) is 5.00. The van der Waals surface area contributed by atoms with Crippen LogP contribution in [0.1, 0.15) is 24.8 Å². The van der Waals surface area contributed by atoms with Crippen LogP contribution in [0, 0.1) is 0 Å². The minimum absolute atomic E-state index is 0.123. The number of pyridine rings is 1. The van der Waals surface area contributed by atoms with Crippen LogP contribution in [0.3, 0.4) is 0 Å². The predicted molar refractivity (Wildman–Crippen MR) is 89.7 cm³/mol. The molecule has 2 heterocycles. The second-order valence-electron chi connectivity index (χ2n) is 5.43. The second-order valence-corrected chi connectivity index (χ2v) is 5.87. The van der Waals surface area contributed by atoms with E-state index in [9.17, 15) is 5.11 Å². The minimum Gasteiger partial charge on any atom is -0.394 e. The SMILES string of the molecule is NC(=S)c1cnc2ccccc2c1N1CCCCC1CO. The van der Waals surface area contributed by atoms with E-state index in [0.29, 0.717) is 4.99 Å². The van der Waals surface area contributed by atoms with E-state index in [1.54, 1.807) is 6.20 Å². The van der Waals surface area contributed by atoms with E-state index < -0.39 is 0 Å². The molecule has 2 aromatic rings. The van der Waals surface area contributed by atoms with Gasteiger partial charge in [0.15, 0.2) is 0 Å². The van der Waals surface area contributed by atoms with Crippen molar-refractivity contribution in [3.8, 4) is 0 Å². The molecule has 4 nitrogen and oxygen atoms in total. The predicted octanol–water partition coefficient (Wildman–Crippen LogP) is 2.22. The highest BCUT2D eigenvalue weighted by molar-refractivity contribution is 7.80. The average Bonchev–Trinajstić information content (AvgIpc) is 2.53. The summed E-state index contributed by atoms with van der Waals surface area (Å²) < 4.78 is 0. The highest BCUT2D eigenvalue weighted by Crippen LogP contribution is 2.33. The molecule has 0 radical (unpaired) electrons. The molecule has 1 aromatic carbocycles. The minimum atomic E-state index is 0.123. The summed E-state index contributed by atoms with van der Waals surface area (Å²) in [5, 5.41) is 10.7. The Hall–Kier alpha value is -1.72. The van der Waals surface area contributed by atoms with E-state index in [0.717, 1.165) is 48.0 Å². The first-order chi connectivity index (χ1) is 10.2. The van der Waals surface area contributed by atoms with Crippen molar-refractivity contribution in [1.82, 2.24) is 4.98 Å². The number of rotatable bonds is 3. The molecule has 0 aliphatic carbocycles. The lowest BCUT2D eigenvalue weighted by Crippen LogP contribution is -2.43. The first-order valence-corrected chi connectivity index (χ1v) is 7.68. The van der Waals surface area contributed by atoms with E-state index in [4.69, 9.17) is 18.0 Å². The van der Waals surface area contributed by atoms with Gasteiger partial charge in [-0.05, 0) is 25.3 Å². The molecule has 3 rings (SSSR count). The van der Waals surface area contributed by atoms with Crippen LogP contribution >= 0.6 is 12.2 Å². The molecule has 5 heteroatoms. The van der Waals surface area contributed by atoms with Crippen molar-refractivity contribution in [3.63, 3.8) is 0 Å². The number of nitrogens with two attached hydrogens (primary N) is 1. The number of aliphatic hydroxyl groups excluding tert-OH is 1. The number of hydrogen-bond acceptors (Lipinski definition) is 4. The van der Waals surface area contributed by atoms with Crippen molar-refractivity contribution in [2.24, 2.45) is 5.73 Å². The summed E-state index contributed by atoms with van der Waals surface area (Å²) in [4.78, 5) is 7.06. The van der Waals surface area contributed by atoms with Crippen LogP contribution in [0.4, 0.5) is 5.69 Å². The Kier molecular flexibility index (Phi) is 4.03. The number of piperidine rings is 1. The van der Waals surface area contributed by atoms with Crippen LogP contribution in [0.5, 0.6) is 0 Å². The number of nitrogens with zero attached hydrogens (tertiary/aromatic N) is 2. The van der Waals surface area contributed by atoms with E-state index in [1.165, 1.54) is 0 Å². The van der Waals surface area contributed by atoms with Gasteiger partial charge in [0.2, 0.25) is 0 Å². The first-order valence-electron chi connectivity index (χ1n) is 7.27. The molecule has 0 bridgehead atoms. The van der Waals surface area contributed by atoms with Gasteiger partial charge in [0, 0.05) is 18.1 Å². The number of benzene rings is 1. The number of aromatic nitrogens is 1. The summed E-state index contributed by atoms with van der Waals surface area (Å²) in [7, 11) is 0. The van der Waals surface area contributed by atoms with Crippen molar-refractivity contribution in [3.05, 3.63) is 36.0 Å². The Labute approximate surface area is 129 Å². The summed E-state index contributed by atoms with van der Waals surface area (Å²) in [5.74, 6) is 0. The lowest BCUT2D eigenvalue weighted by atomic mass is 9.99. The maximum Gasteiger partial charge on any atom is 0.107 e. The third kappa shape index (κ3) is 2.59. The van der Waals surface area contributed by atoms with Crippen molar-refractivity contribution in [2.75, 3.05) is 18.1 Å². The fraction of sp³-hybridized carbons (Fsp3) is 0.375. The third-order valence-electron chi connectivity index (χ3n) is 4.14. The van der Waals surface area contributed by atoms with Crippen LogP contribution in [0.2, 0.25) is 0 Å². The molecule has 1 aromatic heterocycles. The maximum absolute atomic E-state index is 9.70. The van der Waals surface area contributed by atoms with Gasteiger partial charge in [-0.3, -0.25) is 4.98 Å². The fourth-order valence-corrected chi connectivity index (χ4v) is 3.25. The summed E-state index contributed by atoms with van der Waals surface area (Å²) >= 11 is 5.21. The molecule has 0 spiro atoms. The van der Waals surface area contributed by atoms with Gasteiger partial charge in [-0.25, -0.2) is 0 Å². The second kappa shape index (κ2) is 5.95. The summed E-state index contributed by atoms with van der Waals surface area (Å²) in [5.41, 5.74) is 8.64. The summed E-state index contributed by atoms with van der Waals surface area (Å²) in [6, 6.07) is 8.12. The summed E-state index contributed by atoms with van der Waals surface area (Å²) in [6.45, 7) is 1.06. The van der Waals surface area contributed by atoms with Gasteiger partial charge in [-0.1, -0.05) is 30.4 Å². The van der Waals surface area contributed by atoms with Crippen LogP contribution in [0.15, 0.2) is 30.5 Å². The monoisotopic (exact) mass is 301 g/mol. The van der Waals surface area contributed by atoms with E-state index >= 15 is 0 Å². The van der Waals surface area contributed by atoms with Crippen molar-refractivity contribution in [2.45, 2.75) is 25.3 Å². The van der Waals surface area contributed by atoms with E-state index in [1.807, 2.05) is 24.3 Å². The standard InChI is InChI=1S/C16H19N3OS/c17-16(21)13-9-18-14-7-2-1-6-12(14)15(13)19-8-4-3-5-11(19)10-20/h1-2,6-7,9,11,20H,3-5,8,10H2,(H2,17,21). The Morgan fingerprint density at radius 1 is 1.38 bits per heavy atom. The van der Waals surface area contributed by atoms with Gasteiger partial charge in [-0.2, -0.15) is 0 Å².